The van der Waals surface area contributed by atoms with Gasteiger partial charge in [-0.05, 0) is 6.92 Å². The first kappa shape index (κ1) is 11.7. The fourth-order valence-electron chi connectivity index (χ4n) is 1.17. The van der Waals surface area contributed by atoms with E-state index in [1.165, 1.54) is 10.9 Å². The van der Waals surface area contributed by atoms with E-state index in [1.807, 2.05) is 0 Å². The third-order valence-electron chi connectivity index (χ3n) is 1.97. The molecule has 6 nitrogen and oxygen atoms in total. The molecule has 0 aromatic carbocycles. The van der Waals surface area contributed by atoms with Crippen LogP contribution in [0.4, 0.5) is 0 Å². The third-order valence-corrected chi connectivity index (χ3v) is 1.97. The standard InChI is InChI=1S/C9H15N3O3/c1-3-15-9(14)7(10)8(13)6-4-11-12(2)5-6/h4-5,7-8,13H,3,10H2,1-2H3. The average Bonchev–Trinajstić information content (AvgIpc) is 2.63. The molecular weight excluding hydrogens is 198 g/mol. The maximum Gasteiger partial charge on any atom is 0.325 e. The molecule has 0 aliphatic heterocycles. The van der Waals surface area contributed by atoms with E-state index in [4.69, 9.17) is 10.5 Å². The van der Waals surface area contributed by atoms with Crippen LogP contribution in [0, 0.1) is 0 Å². The van der Waals surface area contributed by atoms with Crippen LogP contribution in [0.3, 0.4) is 0 Å². The SMILES string of the molecule is CCOC(=O)C(N)C(O)c1cnn(C)c1. The number of nitrogens with zero attached hydrogens (tertiary/aromatic N) is 2. The lowest BCUT2D eigenvalue weighted by molar-refractivity contribution is -0.147. The van der Waals surface area contributed by atoms with Gasteiger partial charge in [-0.1, -0.05) is 0 Å². The van der Waals surface area contributed by atoms with Crippen molar-refractivity contribution in [1.29, 1.82) is 0 Å². The van der Waals surface area contributed by atoms with E-state index in [2.05, 4.69) is 5.10 Å². The molecule has 0 saturated carbocycles. The van der Waals surface area contributed by atoms with Crippen LogP contribution in [0.5, 0.6) is 0 Å². The lowest BCUT2D eigenvalue weighted by Gasteiger charge is -2.15. The molecule has 15 heavy (non-hydrogen) atoms. The number of nitrogens with two attached hydrogens (primary N) is 1. The first-order valence-corrected chi connectivity index (χ1v) is 4.65. The Hall–Kier alpha value is -1.40. The van der Waals surface area contributed by atoms with Crippen LogP contribution < -0.4 is 5.73 Å². The second-order valence-corrected chi connectivity index (χ2v) is 3.17. The van der Waals surface area contributed by atoms with Crippen LogP contribution >= 0.6 is 0 Å². The molecule has 1 rings (SSSR count). The van der Waals surface area contributed by atoms with Crippen LogP contribution in [0.2, 0.25) is 0 Å². The number of aliphatic hydroxyl groups is 1. The zero-order valence-electron chi connectivity index (χ0n) is 8.75. The molecule has 84 valence electrons. The maximum atomic E-state index is 11.2. The van der Waals surface area contributed by atoms with E-state index in [1.54, 1.807) is 20.2 Å². The minimum atomic E-state index is -1.09. The van der Waals surface area contributed by atoms with Crippen LogP contribution in [0.25, 0.3) is 0 Å². The van der Waals surface area contributed by atoms with Gasteiger partial charge in [0.1, 0.15) is 12.1 Å². The smallest absolute Gasteiger partial charge is 0.325 e. The Bertz CT molecular complexity index is 337. The molecule has 0 bridgehead atoms. The summed E-state index contributed by atoms with van der Waals surface area (Å²) in [6.45, 7) is 1.92. The number of rotatable bonds is 4. The number of hydrogen-bond donors (Lipinski definition) is 2. The van der Waals surface area contributed by atoms with Crippen molar-refractivity contribution in [1.82, 2.24) is 9.78 Å². The highest BCUT2D eigenvalue weighted by molar-refractivity contribution is 5.76. The summed E-state index contributed by atoms with van der Waals surface area (Å²) in [6.07, 6.45) is 1.98. The van der Waals surface area contributed by atoms with Gasteiger partial charge in [-0.15, -0.1) is 0 Å². The molecule has 6 heteroatoms. The van der Waals surface area contributed by atoms with Crippen LogP contribution in [0.1, 0.15) is 18.6 Å². The predicted octanol–water partition coefficient (Wildman–Crippen LogP) is -0.656. The minimum Gasteiger partial charge on any atom is -0.465 e. The third kappa shape index (κ3) is 2.77. The van der Waals surface area contributed by atoms with Gasteiger partial charge in [-0.3, -0.25) is 9.48 Å². The Morgan fingerprint density at radius 1 is 1.80 bits per heavy atom. The summed E-state index contributed by atoms with van der Waals surface area (Å²) in [6, 6.07) is -1.07. The zero-order chi connectivity index (χ0) is 11.4. The quantitative estimate of drug-likeness (QED) is 0.648. The van der Waals surface area contributed by atoms with Crippen molar-refractivity contribution in [2.45, 2.75) is 19.1 Å². The van der Waals surface area contributed by atoms with Crippen molar-refractivity contribution in [2.75, 3.05) is 6.61 Å². The van der Waals surface area contributed by atoms with Crippen molar-refractivity contribution in [3.63, 3.8) is 0 Å². The Kier molecular flexibility index (Phi) is 3.81. The summed E-state index contributed by atoms with van der Waals surface area (Å²) < 4.78 is 6.23. The van der Waals surface area contributed by atoms with E-state index in [0.29, 0.717) is 5.56 Å². The summed E-state index contributed by atoms with van der Waals surface area (Å²) in [5.74, 6) is -0.617. The number of ether oxygens (including phenoxy) is 1. The Balaban J connectivity index is 2.67. The molecule has 3 N–H and O–H groups in total. The molecule has 0 aliphatic rings. The van der Waals surface area contributed by atoms with Gasteiger partial charge in [0, 0.05) is 18.8 Å². The van der Waals surface area contributed by atoms with Crippen LogP contribution in [0.15, 0.2) is 12.4 Å². The Morgan fingerprint density at radius 2 is 2.47 bits per heavy atom. The van der Waals surface area contributed by atoms with Crippen LogP contribution in [-0.4, -0.2) is 33.5 Å². The van der Waals surface area contributed by atoms with Gasteiger partial charge in [0.25, 0.3) is 0 Å². The maximum absolute atomic E-state index is 11.2. The molecule has 1 aromatic heterocycles. The van der Waals surface area contributed by atoms with Gasteiger partial charge >= 0.3 is 5.97 Å². The number of aromatic nitrogens is 2. The number of carbonyl (C=O) groups excluding carboxylic acids is 1. The molecular formula is C9H15N3O3. The lowest BCUT2D eigenvalue weighted by Crippen LogP contribution is -2.38. The molecule has 0 amide bonds. The second kappa shape index (κ2) is 4.90. The van der Waals surface area contributed by atoms with Gasteiger partial charge in [-0.25, -0.2) is 0 Å². The normalized spacial score (nSPS) is 14.7. The summed E-state index contributed by atoms with van der Waals surface area (Å²) in [4.78, 5) is 11.2. The molecule has 2 atom stereocenters. The Morgan fingerprint density at radius 3 is 2.93 bits per heavy atom. The fraction of sp³-hybridized carbons (Fsp3) is 0.556. The first-order chi connectivity index (χ1) is 7.06. The number of aliphatic hydroxyl groups excluding tert-OH is 1. The fourth-order valence-corrected chi connectivity index (χ4v) is 1.17. The van der Waals surface area contributed by atoms with E-state index >= 15 is 0 Å². The molecule has 0 aliphatic carbocycles. The first-order valence-electron chi connectivity index (χ1n) is 4.65. The topological polar surface area (TPSA) is 90.4 Å². The van der Waals surface area contributed by atoms with Gasteiger partial charge in [0.2, 0.25) is 0 Å². The largest absolute Gasteiger partial charge is 0.465 e. The van der Waals surface area contributed by atoms with Gasteiger partial charge in [0.15, 0.2) is 0 Å². The predicted molar refractivity (Wildman–Crippen MR) is 52.8 cm³/mol. The highest BCUT2D eigenvalue weighted by atomic mass is 16.5. The second-order valence-electron chi connectivity index (χ2n) is 3.17. The number of esters is 1. The van der Waals surface area contributed by atoms with E-state index in [-0.39, 0.29) is 6.61 Å². The summed E-state index contributed by atoms with van der Waals surface area (Å²) in [7, 11) is 1.71. The molecule has 1 heterocycles. The van der Waals surface area contributed by atoms with Crippen molar-refractivity contribution < 1.29 is 14.6 Å². The van der Waals surface area contributed by atoms with E-state index in [0.717, 1.165) is 0 Å². The average molecular weight is 213 g/mol. The summed E-state index contributed by atoms with van der Waals surface area (Å²) >= 11 is 0. The zero-order valence-corrected chi connectivity index (χ0v) is 8.75. The van der Waals surface area contributed by atoms with Crippen molar-refractivity contribution in [3.05, 3.63) is 18.0 Å². The van der Waals surface area contributed by atoms with Crippen molar-refractivity contribution in [2.24, 2.45) is 12.8 Å². The lowest BCUT2D eigenvalue weighted by atomic mass is 10.1. The van der Waals surface area contributed by atoms with Gasteiger partial charge in [0.05, 0.1) is 12.8 Å². The van der Waals surface area contributed by atoms with Gasteiger partial charge < -0.3 is 15.6 Å². The number of hydrogen-bond acceptors (Lipinski definition) is 5. The molecule has 2 unspecified atom stereocenters. The molecule has 0 radical (unpaired) electrons. The summed E-state index contributed by atoms with van der Waals surface area (Å²) in [5.41, 5.74) is 6.02. The molecule has 1 aromatic rings. The highest BCUT2D eigenvalue weighted by Gasteiger charge is 2.26. The molecule has 0 saturated heterocycles. The Labute approximate surface area is 87.6 Å². The number of aryl methyl sites for hydroxylation is 1. The van der Waals surface area contributed by atoms with E-state index in [9.17, 15) is 9.90 Å². The van der Waals surface area contributed by atoms with Gasteiger partial charge in [-0.2, -0.15) is 5.10 Å². The minimum absolute atomic E-state index is 0.242. The van der Waals surface area contributed by atoms with Crippen molar-refractivity contribution in [3.8, 4) is 0 Å². The summed E-state index contributed by atoms with van der Waals surface area (Å²) in [5, 5.41) is 13.6. The van der Waals surface area contributed by atoms with Crippen LogP contribution in [-0.2, 0) is 16.6 Å². The monoisotopic (exact) mass is 213 g/mol. The number of carbonyl (C=O) groups is 1. The van der Waals surface area contributed by atoms with E-state index < -0.39 is 18.1 Å². The molecule has 0 fully saturated rings. The van der Waals surface area contributed by atoms with Crippen molar-refractivity contribution >= 4 is 5.97 Å². The molecule has 0 spiro atoms. The highest BCUT2D eigenvalue weighted by Crippen LogP contribution is 2.15.